The first-order chi connectivity index (χ1) is 12.5. The number of carbonyl (C=O) groups excluding carboxylic acids is 2. The van der Waals surface area contributed by atoms with Crippen molar-refractivity contribution in [1.29, 1.82) is 0 Å². The van der Waals surface area contributed by atoms with Crippen LogP contribution in [0.25, 0.3) is 0 Å². The fourth-order valence-corrected chi connectivity index (χ4v) is 2.57. The highest BCUT2D eigenvalue weighted by Crippen LogP contribution is 2.24. The topological polar surface area (TPSA) is 119 Å². The van der Waals surface area contributed by atoms with Crippen LogP contribution in [0.5, 0.6) is 0 Å². The number of aryl methyl sites for hydroxylation is 1. The van der Waals surface area contributed by atoms with Crippen LogP contribution in [0.4, 0.5) is 11.8 Å². The predicted molar refractivity (Wildman–Crippen MR) is 97.4 cm³/mol. The molecule has 4 N–H and O–H groups in total. The minimum absolute atomic E-state index is 0.0517. The molecule has 0 saturated heterocycles. The van der Waals surface area contributed by atoms with E-state index in [1.54, 1.807) is 0 Å². The number of rotatable bonds is 12. The Bertz CT molecular complexity index is 608. The van der Waals surface area contributed by atoms with Crippen LogP contribution >= 0.6 is 0 Å². The van der Waals surface area contributed by atoms with Gasteiger partial charge in [-0.05, 0) is 26.2 Å². The molecule has 1 aromatic heterocycles. The van der Waals surface area contributed by atoms with E-state index in [9.17, 15) is 14.8 Å². The minimum atomic E-state index is -0.516. The van der Waals surface area contributed by atoms with Gasteiger partial charge in [-0.2, -0.15) is 4.98 Å². The summed E-state index contributed by atoms with van der Waals surface area (Å²) in [5.74, 6) is 0.186. The van der Waals surface area contributed by atoms with Gasteiger partial charge in [0, 0.05) is 17.8 Å². The Kier molecular flexibility index (Phi) is 7.58. The first-order valence-corrected chi connectivity index (χ1v) is 9.10. The molecule has 0 spiro atoms. The summed E-state index contributed by atoms with van der Waals surface area (Å²) in [4.78, 5) is 31.6. The molecule has 1 atom stereocenters. The van der Waals surface area contributed by atoms with E-state index >= 15 is 0 Å². The molecule has 9 nitrogen and oxygen atoms in total. The summed E-state index contributed by atoms with van der Waals surface area (Å²) in [5.41, 5.74) is 6.09. The van der Waals surface area contributed by atoms with E-state index in [4.69, 9.17) is 0 Å². The molecule has 144 valence electrons. The van der Waals surface area contributed by atoms with Gasteiger partial charge in [-0.1, -0.05) is 26.2 Å². The molecular weight excluding hydrogens is 336 g/mol. The lowest BCUT2D eigenvalue weighted by Crippen LogP contribution is -2.40. The van der Waals surface area contributed by atoms with Gasteiger partial charge >= 0.3 is 0 Å². The van der Waals surface area contributed by atoms with Crippen LogP contribution in [-0.4, -0.2) is 45.1 Å². The van der Waals surface area contributed by atoms with E-state index in [1.165, 1.54) is 0 Å². The van der Waals surface area contributed by atoms with Crippen LogP contribution in [0.2, 0.25) is 0 Å². The largest absolute Gasteiger partial charge is 0.367 e. The average Bonchev–Trinajstić information content (AvgIpc) is 3.42. The van der Waals surface area contributed by atoms with Crippen molar-refractivity contribution in [2.45, 2.75) is 58.4 Å². The van der Waals surface area contributed by atoms with Gasteiger partial charge in [0.2, 0.25) is 18.3 Å². The third-order valence-corrected chi connectivity index (χ3v) is 4.14. The van der Waals surface area contributed by atoms with Crippen molar-refractivity contribution in [3.8, 4) is 0 Å². The Hall–Kier alpha value is -2.42. The van der Waals surface area contributed by atoms with Gasteiger partial charge in [0.15, 0.2) is 0 Å². The van der Waals surface area contributed by atoms with Gasteiger partial charge in [-0.3, -0.25) is 25.6 Å². The van der Waals surface area contributed by atoms with Crippen LogP contribution in [0.1, 0.15) is 51.1 Å². The molecule has 1 aliphatic carbocycles. The predicted octanol–water partition coefficient (Wildman–Crippen LogP) is 1.85. The first kappa shape index (κ1) is 19.9. The van der Waals surface area contributed by atoms with Gasteiger partial charge in [-0.25, -0.2) is 10.0 Å². The third-order valence-electron chi connectivity index (χ3n) is 4.14. The van der Waals surface area contributed by atoms with E-state index in [0.717, 1.165) is 43.6 Å². The maximum Gasteiger partial charge on any atom is 0.243 e. The number of carbonyl (C=O) groups is 2. The van der Waals surface area contributed by atoms with E-state index in [2.05, 4.69) is 33.1 Å². The number of amides is 2. The number of unbranched alkanes of at least 4 members (excludes halogenated alkanes) is 2. The van der Waals surface area contributed by atoms with Crippen LogP contribution in [-0.2, 0) is 9.59 Å². The zero-order valence-corrected chi connectivity index (χ0v) is 15.4. The number of hydrogen-bond donors (Lipinski definition) is 4. The van der Waals surface area contributed by atoms with Crippen molar-refractivity contribution in [3.05, 3.63) is 11.8 Å². The standard InChI is InChI=1S/C17H28N6O3/c1-3-4-5-6-13(10-23(26)11-24)16(25)21-22-17-18-12(2)9-15(20-17)19-14-7-8-14/h9,11,13-14,26H,3-8,10H2,1-2H3,(H,21,25)(H2,18,19,20,22)/t13-/m1/s1. The third kappa shape index (κ3) is 6.83. The molecule has 1 aromatic rings. The SMILES string of the molecule is CCCCC[C@H](CN(O)C=O)C(=O)NNc1nc(C)cc(NC2CC2)n1. The number of anilines is 2. The van der Waals surface area contributed by atoms with Crippen LogP contribution < -0.4 is 16.2 Å². The molecule has 0 bridgehead atoms. The Morgan fingerprint density at radius 3 is 2.85 bits per heavy atom. The fraction of sp³-hybridized carbons (Fsp3) is 0.647. The summed E-state index contributed by atoms with van der Waals surface area (Å²) in [6.07, 6.45) is 6.00. The monoisotopic (exact) mass is 364 g/mol. The van der Waals surface area contributed by atoms with E-state index < -0.39 is 5.92 Å². The van der Waals surface area contributed by atoms with Crippen molar-refractivity contribution in [2.24, 2.45) is 5.92 Å². The second kappa shape index (κ2) is 9.91. The van der Waals surface area contributed by atoms with E-state index in [-0.39, 0.29) is 12.5 Å². The van der Waals surface area contributed by atoms with Crippen LogP contribution in [0.3, 0.4) is 0 Å². The molecule has 1 saturated carbocycles. The number of nitrogens with zero attached hydrogens (tertiary/aromatic N) is 3. The number of aromatic nitrogens is 2. The Balaban J connectivity index is 1.92. The summed E-state index contributed by atoms with van der Waals surface area (Å²) in [6, 6.07) is 2.32. The highest BCUT2D eigenvalue weighted by molar-refractivity contribution is 5.80. The van der Waals surface area contributed by atoms with Gasteiger partial charge in [-0.15, -0.1) is 0 Å². The Morgan fingerprint density at radius 2 is 2.19 bits per heavy atom. The van der Waals surface area contributed by atoms with E-state index in [1.807, 2.05) is 13.0 Å². The smallest absolute Gasteiger partial charge is 0.243 e. The highest BCUT2D eigenvalue weighted by Gasteiger charge is 2.22. The lowest BCUT2D eigenvalue weighted by atomic mass is 10.0. The zero-order valence-electron chi connectivity index (χ0n) is 15.4. The molecule has 0 radical (unpaired) electrons. The summed E-state index contributed by atoms with van der Waals surface area (Å²) in [5, 5.41) is 13.2. The quantitative estimate of drug-likeness (QED) is 0.193. The number of hydrogen-bond acceptors (Lipinski definition) is 7. The van der Waals surface area contributed by atoms with Crippen LogP contribution in [0, 0.1) is 12.8 Å². The van der Waals surface area contributed by atoms with E-state index in [0.29, 0.717) is 29.9 Å². The molecule has 2 amide bonds. The molecule has 1 fully saturated rings. The second-order valence-corrected chi connectivity index (χ2v) is 6.67. The molecule has 1 aliphatic rings. The lowest BCUT2D eigenvalue weighted by molar-refractivity contribution is -0.154. The van der Waals surface area contributed by atoms with Gasteiger partial charge in [0.05, 0.1) is 12.5 Å². The molecule has 0 aliphatic heterocycles. The fourth-order valence-electron chi connectivity index (χ4n) is 2.57. The summed E-state index contributed by atoms with van der Waals surface area (Å²) in [7, 11) is 0. The summed E-state index contributed by atoms with van der Waals surface area (Å²) >= 11 is 0. The van der Waals surface area contributed by atoms with Crippen molar-refractivity contribution < 1.29 is 14.8 Å². The van der Waals surface area contributed by atoms with Crippen molar-refractivity contribution in [3.63, 3.8) is 0 Å². The maximum atomic E-state index is 12.4. The lowest BCUT2D eigenvalue weighted by Gasteiger charge is -2.19. The summed E-state index contributed by atoms with van der Waals surface area (Å²) < 4.78 is 0. The Labute approximate surface area is 153 Å². The van der Waals surface area contributed by atoms with Gasteiger partial charge < -0.3 is 5.32 Å². The molecular formula is C17H28N6O3. The molecule has 1 heterocycles. The van der Waals surface area contributed by atoms with Crippen molar-refractivity contribution in [1.82, 2.24) is 20.5 Å². The number of nitrogens with one attached hydrogen (secondary N) is 3. The van der Waals surface area contributed by atoms with Crippen LogP contribution in [0.15, 0.2) is 6.07 Å². The number of hydroxylamine groups is 2. The molecule has 26 heavy (non-hydrogen) atoms. The highest BCUT2D eigenvalue weighted by atomic mass is 16.5. The second-order valence-electron chi connectivity index (χ2n) is 6.67. The molecule has 0 unspecified atom stereocenters. The van der Waals surface area contributed by atoms with Gasteiger partial charge in [0.1, 0.15) is 5.82 Å². The van der Waals surface area contributed by atoms with Gasteiger partial charge in [0.25, 0.3) is 0 Å². The molecule has 0 aromatic carbocycles. The normalized spacial score (nSPS) is 14.4. The minimum Gasteiger partial charge on any atom is -0.367 e. The number of hydrazine groups is 1. The van der Waals surface area contributed by atoms with Crippen molar-refractivity contribution >= 4 is 24.1 Å². The molecule has 2 rings (SSSR count). The maximum absolute atomic E-state index is 12.4. The average molecular weight is 364 g/mol. The Morgan fingerprint density at radius 1 is 1.42 bits per heavy atom. The molecule has 9 heteroatoms. The zero-order chi connectivity index (χ0) is 18.9. The summed E-state index contributed by atoms with van der Waals surface area (Å²) in [6.45, 7) is 3.88. The van der Waals surface area contributed by atoms with Crippen molar-refractivity contribution in [2.75, 3.05) is 17.3 Å². The first-order valence-electron chi connectivity index (χ1n) is 9.10.